The molecule has 0 unspecified atom stereocenters. The molecule has 8 heteroatoms. The third kappa shape index (κ3) is 5.52. The predicted molar refractivity (Wildman–Crippen MR) is 147 cm³/mol. The summed E-state index contributed by atoms with van der Waals surface area (Å²) >= 11 is 0. The van der Waals surface area contributed by atoms with Crippen LogP contribution in [0, 0.1) is 5.92 Å². The molecular formula is C31H33N4O4+. The minimum atomic E-state index is -0.583. The summed E-state index contributed by atoms with van der Waals surface area (Å²) in [5.74, 6) is 2.02. The van der Waals surface area contributed by atoms with E-state index in [2.05, 4.69) is 10.5 Å². The number of rotatable bonds is 9. The molecule has 3 saturated heterocycles. The standard InChI is InChI=1S/C31H33N4O4/c1-37-26-14-8-11-24(19-26)30-33-28(34-39-30)21-35-17-15-22(16-18-35)27(20-35)38-31(36)29(23-9-4-2-5-10-23)32-25-12-6-3-7-13-25/h2-14,19,22,27,29,32H,15-18,20-21H2,1H3/q+1/t22?,27-,29+,35?/m0/s1. The number of benzene rings is 3. The number of hydrogen-bond donors (Lipinski definition) is 1. The Morgan fingerprint density at radius 2 is 1.77 bits per heavy atom. The van der Waals surface area contributed by atoms with Crippen LogP contribution >= 0.6 is 0 Å². The fourth-order valence-corrected chi connectivity index (χ4v) is 5.91. The number of fused-ring (bicyclic) bond motifs is 3. The number of para-hydroxylation sites is 1. The fourth-order valence-electron chi connectivity index (χ4n) is 5.91. The van der Waals surface area contributed by atoms with E-state index >= 15 is 0 Å². The molecular weight excluding hydrogens is 492 g/mol. The van der Waals surface area contributed by atoms with Gasteiger partial charge in [0.05, 0.1) is 20.2 Å². The van der Waals surface area contributed by atoms with Crippen LogP contribution in [-0.4, -0.2) is 53.4 Å². The van der Waals surface area contributed by atoms with Gasteiger partial charge in [-0.25, -0.2) is 4.79 Å². The van der Waals surface area contributed by atoms with E-state index in [1.54, 1.807) is 7.11 Å². The molecule has 4 aromatic rings. The number of methoxy groups -OCH3 is 1. The molecule has 200 valence electrons. The molecule has 3 aliphatic heterocycles. The molecule has 3 aromatic carbocycles. The zero-order valence-corrected chi connectivity index (χ0v) is 22.0. The summed E-state index contributed by atoms with van der Waals surface area (Å²) in [6, 6.07) is 26.6. The highest BCUT2D eigenvalue weighted by Crippen LogP contribution is 2.38. The third-order valence-corrected chi connectivity index (χ3v) is 8.02. The monoisotopic (exact) mass is 525 g/mol. The van der Waals surface area contributed by atoms with Crippen LogP contribution in [0.1, 0.15) is 30.3 Å². The number of carbonyl (C=O) groups is 1. The summed E-state index contributed by atoms with van der Waals surface area (Å²) in [7, 11) is 1.64. The number of carbonyl (C=O) groups excluding carboxylic acids is 1. The van der Waals surface area contributed by atoms with Gasteiger partial charge in [-0.2, -0.15) is 4.98 Å². The molecule has 0 aliphatic carbocycles. The summed E-state index contributed by atoms with van der Waals surface area (Å²) < 4.78 is 18.0. The number of esters is 1. The zero-order chi connectivity index (χ0) is 26.7. The van der Waals surface area contributed by atoms with Gasteiger partial charge in [-0.05, 0) is 35.9 Å². The molecule has 8 nitrogen and oxygen atoms in total. The van der Waals surface area contributed by atoms with E-state index in [1.807, 2.05) is 84.9 Å². The van der Waals surface area contributed by atoms with E-state index in [9.17, 15) is 4.79 Å². The number of piperidine rings is 3. The number of anilines is 1. The van der Waals surface area contributed by atoms with E-state index < -0.39 is 6.04 Å². The van der Waals surface area contributed by atoms with Gasteiger partial charge in [-0.1, -0.05) is 59.8 Å². The van der Waals surface area contributed by atoms with Gasteiger partial charge >= 0.3 is 5.97 Å². The predicted octanol–water partition coefficient (Wildman–Crippen LogP) is 5.25. The second-order valence-corrected chi connectivity index (χ2v) is 10.5. The van der Waals surface area contributed by atoms with Crippen molar-refractivity contribution < 1.29 is 23.3 Å². The molecule has 0 radical (unpaired) electrons. The minimum Gasteiger partial charge on any atom is -0.497 e. The Morgan fingerprint density at radius 1 is 1.03 bits per heavy atom. The molecule has 0 saturated carbocycles. The first kappa shape index (κ1) is 25.1. The maximum Gasteiger partial charge on any atom is 0.333 e. The summed E-state index contributed by atoms with van der Waals surface area (Å²) in [4.78, 5) is 18.3. The van der Waals surface area contributed by atoms with Gasteiger partial charge in [-0.15, -0.1) is 0 Å². The molecule has 1 aromatic heterocycles. The Hall–Kier alpha value is -4.17. The first-order valence-corrected chi connectivity index (χ1v) is 13.5. The van der Waals surface area contributed by atoms with Crippen LogP contribution in [-0.2, 0) is 16.1 Å². The summed E-state index contributed by atoms with van der Waals surface area (Å²) in [5, 5.41) is 7.68. The Balaban J connectivity index is 1.17. The Kier molecular flexibility index (Phi) is 7.02. The second kappa shape index (κ2) is 10.9. The van der Waals surface area contributed by atoms with E-state index in [0.29, 0.717) is 24.2 Å². The van der Waals surface area contributed by atoms with Crippen molar-refractivity contribution in [2.24, 2.45) is 5.92 Å². The smallest absolute Gasteiger partial charge is 0.333 e. The molecule has 39 heavy (non-hydrogen) atoms. The lowest BCUT2D eigenvalue weighted by atomic mass is 9.83. The average Bonchev–Trinajstić information content (AvgIpc) is 3.45. The van der Waals surface area contributed by atoms with Crippen LogP contribution in [0.3, 0.4) is 0 Å². The average molecular weight is 526 g/mol. The van der Waals surface area contributed by atoms with Crippen molar-refractivity contribution in [3.05, 3.63) is 96.3 Å². The van der Waals surface area contributed by atoms with E-state index in [4.69, 9.17) is 19.0 Å². The fraction of sp³-hybridized carbons (Fsp3) is 0.323. The van der Waals surface area contributed by atoms with E-state index in [0.717, 1.165) is 59.5 Å². The topological polar surface area (TPSA) is 86.5 Å². The number of quaternary nitrogens is 1. The van der Waals surface area contributed by atoms with Crippen LogP contribution in [0.4, 0.5) is 5.69 Å². The van der Waals surface area contributed by atoms with E-state index in [1.165, 1.54) is 0 Å². The van der Waals surface area contributed by atoms with Crippen LogP contribution in [0.5, 0.6) is 5.75 Å². The van der Waals surface area contributed by atoms with Crippen molar-refractivity contribution in [2.45, 2.75) is 31.5 Å². The van der Waals surface area contributed by atoms with Crippen molar-refractivity contribution in [1.82, 2.24) is 10.1 Å². The maximum atomic E-state index is 13.6. The number of ether oxygens (including phenoxy) is 2. The van der Waals surface area contributed by atoms with Gasteiger partial charge in [0.2, 0.25) is 5.82 Å². The van der Waals surface area contributed by atoms with Crippen molar-refractivity contribution in [2.75, 3.05) is 32.1 Å². The molecule has 7 rings (SSSR count). The Morgan fingerprint density at radius 3 is 2.51 bits per heavy atom. The van der Waals surface area contributed by atoms with Gasteiger partial charge in [0.1, 0.15) is 18.8 Å². The molecule has 0 amide bonds. The van der Waals surface area contributed by atoms with Gasteiger partial charge in [0.25, 0.3) is 5.89 Å². The third-order valence-electron chi connectivity index (χ3n) is 8.02. The molecule has 3 fully saturated rings. The molecule has 2 bridgehead atoms. The highest BCUT2D eigenvalue weighted by molar-refractivity contribution is 5.81. The van der Waals surface area contributed by atoms with Crippen LogP contribution in [0.15, 0.2) is 89.5 Å². The van der Waals surface area contributed by atoms with Gasteiger partial charge in [0, 0.05) is 30.0 Å². The number of aromatic nitrogens is 2. The molecule has 3 aliphatic rings. The molecule has 2 atom stereocenters. The molecule has 4 heterocycles. The van der Waals surface area contributed by atoms with Crippen LogP contribution < -0.4 is 10.1 Å². The first-order valence-electron chi connectivity index (χ1n) is 13.5. The normalized spacial score (nSPS) is 22.7. The number of nitrogens with zero attached hydrogens (tertiary/aromatic N) is 3. The summed E-state index contributed by atoms with van der Waals surface area (Å²) in [6.45, 7) is 3.45. The largest absolute Gasteiger partial charge is 0.497 e. The number of nitrogens with one attached hydrogen (secondary N) is 1. The Labute approximate surface area is 228 Å². The Bertz CT molecular complexity index is 1400. The number of hydrogen-bond acceptors (Lipinski definition) is 7. The van der Waals surface area contributed by atoms with Crippen molar-refractivity contribution in [1.29, 1.82) is 0 Å². The SMILES string of the molecule is COc1cccc(-c2nc(C[N+]34CCC(CC3)[C@@H](OC(=O)[C@H](Nc3ccccc3)c3ccccc3)C4)no2)c1. The maximum absolute atomic E-state index is 13.6. The van der Waals surface area contributed by atoms with Crippen molar-refractivity contribution >= 4 is 11.7 Å². The van der Waals surface area contributed by atoms with Crippen molar-refractivity contribution in [3.8, 4) is 17.2 Å². The summed E-state index contributed by atoms with van der Waals surface area (Å²) in [6.07, 6.45) is 1.88. The highest BCUT2D eigenvalue weighted by atomic mass is 16.5. The minimum absolute atomic E-state index is 0.145. The van der Waals surface area contributed by atoms with Gasteiger partial charge < -0.3 is 23.8 Å². The van der Waals surface area contributed by atoms with Crippen LogP contribution in [0.25, 0.3) is 11.5 Å². The van der Waals surface area contributed by atoms with Crippen molar-refractivity contribution in [3.63, 3.8) is 0 Å². The quantitative estimate of drug-likeness (QED) is 0.236. The van der Waals surface area contributed by atoms with Gasteiger partial charge in [0.15, 0.2) is 12.1 Å². The molecule has 0 spiro atoms. The van der Waals surface area contributed by atoms with E-state index in [-0.39, 0.29) is 12.1 Å². The first-order chi connectivity index (χ1) is 19.1. The second-order valence-electron chi connectivity index (χ2n) is 10.5. The molecule has 1 N–H and O–H groups in total. The highest BCUT2D eigenvalue weighted by Gasteiger charge is 2.48. The lowest BCUT2D eigenvalue weighted by Gasteiger charge is -2.51. The lowest BCUT2D eigenvalue weighted by molar-refractivity contribution is -0.958. The lowest BCUT2D eigenvalue weighted by Crippen LogP contribution is -2.64. The zero-order valence-electron chi connectivity index (χ0n) is 22.0. The summed E-state index contributed by atoms with van der Waals surface area (Å²) in [5.41, 5.74) is 2.59. The van der Waals surface area contributed by atoms with Gasteiger partial charge in [-0.3, -0.25) is 0 Å². The van der Waals surface area contributed by atoms with Crippen LogP contribution in [0.2, 0.25) is 0 Å².